The zero-order chi connectivity index (χ0) is 17.4. The average Bonchev–Trinajstić information content (AvgIpc) is 3.03. The summed E-state index contributed by atoms with van der Waals surface area (Å²) in [5, 5.41) is 7.18. The van der Waals surface area contributed by atoms with Gasteiger partial charge in [0.25, 0.3) is 5.91 Å². The molecule has 0 aliphatic heterocycles. The SMILES string of the molecule is CCOC(=O)CCCNC(=O)c1cnn(-c2ccccc2)c1CC. The Bertz CT molecular complexity index is 680. The number of carbonyl (C=O) groups excluding carboxylic acids is 2. The molecule has 2 rings (SSSR count). The third-order valence-electron chi connectivity index (χ3n) is 3.60. The fraction of sp³-hybridized carbons (Fsp3) is 0.389. The molecular weight excluding hydrogens is 306 g/mol. The van der Waals surface area contributed by atoms with Crippen molar-refractivity contribution in [3.05, 3.63) is 47.8 Å². The summed E-state index contributed by atoms with van der Waals surface area (Å²) in [6.07, 6.45) is 3.14. The molecule has 0 spiro atoms. The van der Waals surface area contributed by atoms with Crippen LogP contribution in [0.15, 0.2) is 36.5 Å². The topological polar surface area (TPSA) is 73.2 Å². The van der Waals surface area contributed by atoms with Crippen LogP contribution in [-0.2, 0) is 16.0 Å². The molecule has 0 atom stereocenters. The van der Waals surface area contributed by atoms with E-state index in [2.05, 4.69) is 10.4 Å². The van der Waals surface area contributed by atoms with Crippen LogP contribution in [0, 0.1) is 0 Å². The van der Waals surface area contributed by atoms with E-state index >= 15 is 0 Å². The maximum atomic E-state index is 12.4. The van der Waals surface area contributed by atoms with Gasteiger partial charge in [-0.2, -0.15) is 5.10 Å². The van der Waals surface area contributed by atoms with E-state index in [0.717, 1.165) is 11.4 Å². The van der Waals surface area contributed by atoms with Crippen LogP contribution in [0.3, 0.4) is 0 Å². The van der Waals surface area contributed by atoms with Crippen LogP contribution in [0.1, 0.15) is 42.7 Å². The van der Waals surface area contributed by atoms with Gasteiger partial charge in [-0.05, 0) is 31.9 Å². The van der Waals surface area contributed by atoms with Crippen molar-refractivity contribution in [1.29, 1.82) is 0 Å². The zero-order valence-electron chi connectivity index (χ0n) is 14.1. The number of hydrogen-bond donors (Lipinski definition) is 1. The molecule has 1 aromatic carbocycles. The van der Waals surface area contributed by atoms with Gasteiger partial charge < -0.3 is 10.1 Å². The monoisotopic (exact) mass is 329 g/mol. The first-order valence-corrected chi connectivity index (χ1v) is 8.23. The Hall–Kier alpha value is -2.63. The molecule has 1 aromatic heterocycles. The summed E-state index contributed by atoms with van der Waals surface area (Å²) in [6, 6.07) is 9.72. The van der Waals surface area contributed by atoms with Gasteiger partial charge in [0.05, 0.1) is 29.7 Å². The second kappa shape index (κ2) is 8.86. The van der Waals surface area contributed by atoms with Crippen molar-refractivity contribution in [2.24, 2.45) is 0 Å². The molecule has 1 amide bonds. The van der Waals surface area contributed by atoms with Crippen molar-refractivity contribution in [2.75, 3.05) is 13.2 Å². The number of amides is 1. The summed E-state index contributed by atoms with van der Waals surface area (Å²) in [5.41, 5.74) is 2.36. The second-order valence-electron chi connectivity index (χ2n) is 5.27. The molecule has 1 heterocycles. The number of hydrogen-bond acceptors (Lipinski definition) is 4. The van der Waals surface area contributed by atoms with Gasteiger partial charge in [0.1, 0.15) is 0 Å². The highest BCUT2D eigenvalue weighted by Crippen LogP contribution is 2.15. The number of nitrogens with zero attached hydrogens (tertiary/aromatic N) is 2. The smallest absolute Gasteiger partial charge is 0.305 e. The molecule has 0 saturated carbocycles. The Morgan fingerprint density at radius 2 is 1.96 bits per heavy atom. The van der Waals surface area contributed by atoms with E-state index in [4.69, 9.17) is 4.74 Å². The third kappa shape index (κ3) is 4.44. The van der Waals surface area contributed by atoms with Crippen molar-refractivity contribution in [3.63, 3.8) is 0 Å². The molecule has 2 aromatic rings. The van der Waals surface area contributed by atoms with Crippen molar-refractivity contribution in [3.8, 4) is 5.69 Å². The van der Waals surface area contributed by atoms with E-state index in [-0.39, 0.29) is 11.9 Å². The van der Waals surface area contributed by atoms with Crippen molar-refractivity contribution in [1.82, 2.24) is 15.1 Å². The van der Waals surface area contributed by atoms with Gasteiger partial charge in [0.2, 0.25) is 0 Å². The number of nitrogens with one attached hydrogen (secondary N) is 1. The number of carbonyl (C=O) groups is 2. The zero-order valence-corrected chi connectivity index (χ0v) is 14.1. The van der Waals surface area contributed by atoms with E-state index < -0.39 is 0 Å². The molecule has 0 radical (unpaired) electrons. The maximum absolute atomic E-state index is 12.4. The van der Waals surface area contributed by atoms with E-state index in [1.807, 2.05) is 37.3 Å². The molecule has 24 heavy (non-hydrogen) atoms. The molecule has 128 valence electrons. The second-order valence-corrected chi connectivity index (χ2v) is 5.27. The Kier molecular flexibility index (Phi) is 6.54. The maximum Gasteiger partial charge on any atom is 0.305 e. The molecule has 6 heteroatoms. The fourth-order valence-electron chi connectivity index (χ4n) is 2.46. The lowest BCUT2D eigenvalue weighted by atomic mass is 10.2. The molecular formula is C18H23N3O3. The molecule has 0 aliphatic rings. The largest absolute Gasteiger partial charge is 0.466 e. The minimum absolute atomic E-state index is 0.169. The predicted octanol–water partition coefficient (Wildman–Crippen LogP) is 2.51. The summed E-state index contributed by atoms with van der Waals surface area (Å²) in [4.78, 5) is 23.6. The molecule has 0 bridgehead atoms. The lowest BCUT2D eigenvalue weighted by Gasteiger charge is -2.08. The van der Waals surface area contributed by atoms with Crippen molar-refractivity contribution < 1.29 is 14.3 Å². The molecule has 0 saturated heterocycles. The van der Waals surface area contributed by atoms with E-state index in [1.54, 1.807) is 17.8 Å². The molecule has 6 nitrogen and oxygen atoms in total. The number of para-hydroxylation sites is 1. The summed E-state index contributed by atoms with van der Waals surface area (Å²) < 4.78 is 6.64. The predicted molar refractivity (Wildman–Crippen MR) is 91.1 cm³/mol. The van der Waals surface area contributed by atoms with Crippen molar-refractivity contribution >= 4 is 11.9 Å². The Morgan fingerprint density at radius 1 is 1.21 bits per heavy atom. The van der Waals surface area contributed by atoms with Crippen molar-refractivity contribution in [2.45, 2.75) is 33.1 Å². The summed E-state index contributed by atoms with van der Waals surface area (Å²) in [5.74, 6) is -0.407. The minimum atomic E-state index is -0.238. The van der Waals surface area contributed by atoms with Gasteiger partial charge in [-0.15, -0.1) is 0 Å². The van der Waals surface area contributed by atoms with Gasteiger partial charge in [0, 0.05) is 13.0 Å². The average molecular weight is 329 g/mol. The third-order valence-corrected chi connectivity index (χ3v) is 3.60. The van der Waals surface area contributed by atoms with Gasteiger partial charge in [0.15, 0.2) is 0 Å². The van der Waals surface area contributed by atoms with Gasteiger partial charge in [-0.3, -0.25) is 9.59 Å². The van der Waals surface area contributed by atoms with E-state index in [0.29, 0.717) is 38.0 Å². The van der Waals surface area contributed by atoms with Crippen LogP contribution >= 0.6 is 0 Å². The molecule has 0 unspecified atom stereocenters. The van der Waals surface area contributed by atoms with Gasteiger partial charge >= 0.3 is 5.97 Å². The number of aromatic nitrogens is 2. The number of ether oxygens (including phenoxy) is 1. The van der Waals surface area contributed by atoms with Crippen LogP contribution in [0.5, 0.6) is 0 Å². The molecule has 0 fully saturated rings. The first kappa shape index (κ1) is 17.7. The Morgan fingerprint density at radius 3 is 2.62 bits per heavy atom. The number of rotatable bonds is 8. The standard InChI is InChI=1S/C18H23N3O3/c1-3-16-15(13-20-21(16)14-9-6-5-7-10-14)18(23)19-12-8-11-17(22)24-4-2/h5-7,9-10,13H,3-4,8,11-12H2,1-2H3,(H,19,23). The van der Waals surface area contributed by atoms with E-state index in [1.165, 1.54) is 0 Å². The summed E-state index contributed by atoms with van der Waals surface area (Å²) in [7, 11) is 0. The lowest BCUT2D eigenvalue weighted by Crippen LogP contribution is -2.26. The molecule has 0 aliphatic carbocycles. The highest BCUT2D eigenvalue weighted by atomic mass is 16.5. The number of benzene rings is 1. The first-order chi connectivity index (χ1) is 11.7. The van der Waals surface area contributed by atoms with Crippen LogP contribution in [0.4, 0.5) is 0 Å². The van der Waals surface area contributed by atoms with Crippen LogP contribution in [0.25, 0.3) is 5.69 Å². The summed E-state index contributed by atoms with van der Waals surface area (Å²) >= 11 is 0. The van der Waals surface area contributed by atoms with Gasteiger partial charge in [-0.1, -0.05) is 25.1 Å². The molecule has 1 N–H and O–H groups in total. The fourth-order valence-corrected chi connectivity index (χ4v) is 2.46. The summed E-state index contributed by atoms with van der Waals surface area (Å²) in [6.45, 7) is 4.57. The first-order valence-electron chi connectivity index (χ1n) is 8.23. The highest BCUT2D eigenvalue weighted by Gasteiger charge is 2.16. The number of esters is 1. The normalized spacial score (nSPS) is 10.4. The quantitative estimate of drug-likeness (QED) is 0.596. The lowest BCUT2D eigenvalue weighted by molar-refractivity contribution is -0.143. The Balaban J connectivity index is 1.98. The van der Waals surface area contributed by atoms with E-state index in [9.17, 15) is 9.59 Å². The van der Waals surface area contributed by atoms with Crippen LogP contribution < -0.4 is 5.32 Å². The Labute approximate surface area is 141 Å². The minimum Gasteiger partial charge on any atom is -0.466 e. The highest BCUT2D eigenvalue weighted by molar-refractivity contribution is 5.95. The van der Waals surface area contributed by atoms with Crippen LogP contribution in [-0.4, -0.2) is 34.8 Å². The van der Waals surface area contributed by atoms with Crippen LogP contribution in [0.2, 0.25) is 0 Å². The van der Waals surface area contributed by atoms with Gasteiger partial charge in [-0.25, -0.2) is 4.68 Å².